The van der Waals surface area contributed by atoms with Crippen LogP contribution < -0.4 is 14.8 Å². The van der Waals surface area contributed by atoms with Crippen LogP contribution in [-0.2, 0) is 20.7 Å². The first-order chi connectivity index (χ1) is 10.3. The third kappa shape index (κ3) is 4.95. The van der Waals surface area contributed by atoms with E-state index in [0.717, 1.165) is 5.56 Å². The summed E-state index contributed by atoms with van der Waals surface area (Å²) < 4.78 is 15.5. The van der Waals surface area contributed by atoms with Crippen molar-refractivity contribution in [2.75, 3.05) is 13.4 Å². The monoisotopic (exact) mass is 307 g/mol. The topological polar surface area (TPSA) is 73.9 Å². The standard InChI is InChI=1S/C16H21NO5/c1-16(2,3)17-14(18)9-20-15(19)7-5-11-4-6-12-13(8-11)22-10-21-12/h4,6,8H,5,7,9-10H2,1-3H3,(H,17,18). The average Bonchev–Trinajstić information content (AvgIpc) is 2.88. The van der Waals surface area contributed by atoms with Gasteiger partial charge in [-0.05, 0) is 44.9 Å². The van der Waals surface area contributed by atoms with Gasteiger partial charge in [0.25, 0.3) is 5.91 Å². The molecule has 120 valence electrons. The van der Waals surface area contributed by atoms with Crippen LogP contribution in [0.1, 0.15) is 32.8 Å². The lowest BCUT2D eigenvalue weighted by Gasteiger charge is -2.20. The highest BCUT2D eigenvalue weighted by atomic mass is 16.7. The van der Waals surface area contributed by atoms with Crippen molar-refractivity contribution < 1.29 is 23.8 Å². The highest BCUT2D eigenvalue weighted by Gasteiger charge is 2.16. The van der Waals surface area contributed by atoms with Crippen LogP contribution in [0.3, 0.4) is 0 Å². The Bertz CT molecular complexity index is 562. The quantitative estimate of drug-likeness (QED) is 0.840. The van der Waals surface area contributed by atoms with Crippen molar-refractivity contribution in [3.8, 4) is 11.5 Å². The van der Waals surface area contributed by atoms with E-state index in [1.807, 2.05) is 39.0 Å². The van der Waals surface area contributed by atoms with Gasteiger partial charge in [-0.2, -0.15) is 0 Å². The SMILES string of the molecule is CC(C)(C)NC(=O)COC(=O)CCc1ccc2c(c1)OCO2. The Hall–Kier alpha value is -2.24. The van der Waals surface area contributed by atoms with Crippen molar-refractivity contribution in [1.82, 2.24) is 5.32 Å². The number of benzene rings is 1. The maximum Gasteiger partial charge on any atom is 0.306 e. The van der Waals surface area contributed by atoms with Gasteiger partial charge in [-0.25, -0.2) is 0 Å². The normalized spacial score (nSPS) is 12.9. The van der Waals surface area contributed by atoms with E-state index in [-0.39, 0.29) is 31.3 Å². The number of hydrogen-bond donors (Lipinski definition) is 1. The summed E-state index contributed by atoms with van der Waals surface area (Å²) >= 11 is 0. The smallest absolute Gasteiger partial charge is 0.306 e. The lowest BCUT2D eigenvalue weighted by Crippen LogP contribution is -2.42. The van der Waals surface area contributed by atoms with Crippen LogP contribution >= 0.6 is 0 Å². The van der Waals surface area contributed by atoms with Gasteiger partial charge in [0, 0.05) is 12.0 Å². The zero-order chi connectivity index (χ0) is 16.2. The molecule has 0 fully saturated rings. The minimum atomic E-state index is -0.401. The Balaban J connectivity index is 1.73. The van der Waals surface area contributed by atoms with Crippen LogP contribution in [0.4, 0.5) is 0 Å². The molecule has 0 bridgehead atoms. The van der Waals surface area contributed by atoms with Crippen molar-refractivity contribution in [3.63, 3.8) is 0 Å². The zero-order valence-corrected chi connectivity index (χ0v) is 13.1. The Kier molecular flexibility index (Phi) is 4.90. The molecule has 0 atom stereocenters. The molecule has 1 aromatic rings. The van der Waals surface area contributed by atoms with Crippen molar-refractivity contribution in [3.05, 3.63) is 23.8 Å². The van der Waals surface area contributed by atoms with Gasteiger partial charge in [0.15, 0.2) is 18.1 Å². The van der Waals surface area contributed by atoms with Crippen LogP contribution in [0.15, 0.2) is 18.2 Å². The van der Waals surface area contributed by atoms with Gasteiger partial charge in [-0.1, -0.05) is 6.07 Å². The van der Waals surface area contributed by atoms with E-state index in [0.29, 0.717) is 17.9 Å². The minimum Gasteiger partial charge on any atom is -0.456 e. The minimum absolute atomic E-state index is 0.211. The summed E-state index contributed by atoms with van der Waals surface area (Å²) in [5, 5.41) is 2.73. The number of hydrogen-bond acceptors (Lipinski definition) is 5. The molecule has 1 aliphatic rings. The summed E-state index contributed by atoms with van der Waals surface area (Å²) in [6.45, 7) is 5.58. The highest BCUT2D eigenvalue weighted by Crippen LogP contribution is 2.32. The highest BCUT2D eigenvalue weighted by molar-refractivity contribution is 5.81. The molecular formula is C16H21NO5. The number of esters is 1. The van der Waals surface area contributed by atoms with Crippen molar-refractivity contribution in [2.24, 2.45) is 0 Å². The van der Waals surface area contributed by atoms with Gasteiger partial charge >= 0.3 is 5.97 Å². The number of fused-ring (bicyclic) bond motifs is 1. The summed E-state index contributed by atoms with van der Waals surface area (Å²) in [5.74, 6) is 0.700. The molecule has 0 saturated heterocycles. The second kappa shape index (κ2) is 6.68. The molecule has 6 nitrogen and oxygen atoms in total. The maximum atomic E-state index is 11.7. The largest absolute Gasteiger partial charge is 0.456 e. The summed E-state index contributed by atoms with van der Waals surface area (Å²) in [6.07, 6.45) is 0.735. The molecule has 22 heavy (non-hydrogen) atoms. The molecule has 1 aromatic carbocycles. The average molecular weight is 307 g/mol. The van der Waals surface area contributed by atoms with Crippen molar-refractivity contribution in [2.45, 2.75) is 39.2 Å². The molecule has 6 heteroatoms. The van der Waals surface area contributed by atoms with E-state index < -0.39 is 5.97 Å². The lowest BCUT2D eigenvalue weighted by atomic mass is 10.1. The van der Waals surface area contributed by atoms with E-state index in [2.05, 4.69) is 5.32 Å². The predicted molar refractivity (Wildman–Crippen MR) is 79.7 cm³/mol. The molecule has 0 aromatic heterocycles. The van der Waals surface area contributed by atoms with Gasteiger partial charge < -0.3 is 19.5 Å². The van der Waals surface area contributed by atoms with E-state index >= 15 is 0 Å². The third-order valence-corrected chi connectivity index (χ3v) is 2.93. The summed E-state index contributed by atoms with van der Waals surface area (Å²) in [5.41, 5.74) is 0.621. The Morgan fingerprint density at radius 2 is 1.95 bits per heavy atom. The van der Waals surface area contributed by atoms with Gasteiger partial charge in [-0.15, -0.1) is 0 Å². The fourth-order valence-corrected chi connectivity index (χ4v) is 2.02. The Labute approximate surface area is 129 Å². The fourth-order valence-electron chi connectivity index (χ4n) is 2.02. The number of nitrogens with one attached hydrogen (secondary N) is 1. The van der Waals surface area contributed by atoms with Crippen LogP contribution in [0.5, 0.6) is 11.5 Å². The van der Waals surface area contributed by atoms with Gasteiger partial charge in [-0.3, -0.25) is 9.59 Å². The summed E-state index contributed by atoms with van der Waals surface area (Å²) in [7, 11) is 0. The molecule has 1 heterocycles. The number of carbonyl (C=O) groups is 2. The first-order valence-electron chi connectivity index (χ1n) is 7.19. The molecule has 0 unspecified atom stereocenters. The zero-order valence-electron chi connectivity index (χ0n) is 13.1. The number of rotatable bonds is 5. The molecule has 0 saturated carbocycles. The molecule has 0 spiro atoms. The van der Waals surface area contributed by atoms with Gasteiger partial charge in [0.1, 0.15) is 0 Å². The van der Waals surface area contributed by atoms with E-state index in [1.54, 1.807) is 0 Å². The maximum absolute atomic E-state index is 11.7. The lowest BCUT2D eigenvalue weighted by molar-refractivity contribution is -0.148. The fraction of sp³-hybridized carbons (Fsp3) is 0.500. The molecule has 0 aliphatic carbocycles. The summed E-state index contributed by atoms with van der Waals surface area (Å²) in [6, 6.07) is 5.55. The number of carbonyl (C=O) groups excluding carboxylic acids is 2. The number of amides is 1. The van der Waals surface area contributed by atoms with Crippen LogP contribution in [0.25, 0.3) is 0 Å². The van der Waals surface area contributed by atoms with Crippen LogP contribution in [0.2, 0.25) is 0 Å². The van der Waals surface area contributed by atoms with E-state index in [9.17, 15) is 9.59 Å². The number of aryl methyl sites for hydroxylation is 1. The first-order valence-corrected chi connectivity index (χ1v) is 7.19. The number of ether oxygens (including phenoxy) is 3. The van der Waals surface area contributed by atoms with Gasteiger partial charge in [0.05, 0.1) is 0 Å². The van der Waals surface area contributed by atoms with Gasteiger partial charge in [0.2, 0.25) is 6.79 Å². The molecule has 1 amide bonds. The van der Waals surface area contributed by atoms with E-state index in [4.69, 9.17) is 14.2 Å². The molecule has 2 rings (SSSR count). The third-order valence-electron chi connectivity index (χ3n) is 2.93. The van der Waals surface area contributed by atoms with Crippen LogP contribution in [-0.4, -0.2) is 30.8 Å². The Morgan fingerprint density at radius 1 is 1.23 bits per heavy atom. The van der Waals surface area contributed by atoms with Crippen LogP contribution in [0, 0.1) is 0 Å². The second-order valence-corrected chi connectivity index (χ2v) is 6.15. The molecule has 1 N–H and O–H groups in total. The predicted octanol–water partition coefficient (Wildman–Crippen LogP) is 1.81. The second-order valence-electron chi connectivity index (χ2n) is 6.15. The Morgan fingerprint density at radius 3 is 2.68 bits per heavy atom. The molecule has 0 radical (unpaired) electrons. The molecule has 1 aliphatic heterocycles. The summed E-state index contributed by atoms with van der Waals surface area (Å²) in [4.78, 5) is 23.2. The van der Waals surface area contributed by atoms with E-state index in [1.165, 1.54) is 0 Å². The van der Waals surface area contributed by atoms with Crippen molar-refractivity contribution in [1.29, 1.82) is 0 Å². The molecular weight excluding hydrogens is 286 g/mol. The van der Waals surface area contributed by atoms with Crippen molar-refractivity contribution >= 4 is 11.9 Å². The first kappa shape index (κ1) is 16.1.